The van der Waals surface area contributed by atoms with Crippen LogP contribution >= 0.6 is 0 Å². The van der Waals surface area contributed by atoms with Gasteiger partial charge < -0.3 is 15.0 Å². The van der Waals surface area contributed by atoms with Crippen LogP contribution in [0.15, 0.2) is 78.9 Å². The summed E-state index contributed by atoms with van der Waals surface area (Å²) in [6.45, 7) is 0.592. The van der Waals surface area contributed by atoms with Gasteiger partial charge in [-0.05, 0) is 60.6 Å². The Balaban J connectivity index is 1.45. The first-order valence-electron chi connectivity index (χ1n) is 12.0. The number of fused-ring (bicyclic) bond motifs is 1. The van der Waals surface area contributed by atoms with Gasteiger partial charge in [0.2, 0.25) is 5.91 Å². The van der Waals surface area contributed by atoms with E-state index in [1.807, 2.05) is 71.6 Å². The Morgan fingerprint density at radius 2 is 1.76 bits per heavy atom. The van der Waals surface area contributed by atoms with E-state index in [1.165, 1.54) is 5.56 Å². The topological polar surface area (TPSA) is 58.6 Å². The molecule has 174 valence electrons. The molecule has 0 aromatic heterocycles. The number of rotatable bonds is 8. The molecular formula is C29H30N2O3. The van der Waals surface area contributed by atoms with Crippen molar-refractivity contribution in [3.05, 3.63) is 101 Å². The lowest BCUT2D eigenvalue weighted by Crippen LogP contribution is -2.48. The molecule has 0 spiro atoms. The van der Waals surface area contributed by atoms with Crippen molar-refractivity contribution < 1.29 is 14.3 Å². The highest BCUT2D eigenvalue weighted by Gasteiger charge is 2.49. The van der Waals surface area contributed by atoms with Gasteiger partial charge in [-0.15, -0.1) is 0 Å². The first-order chi connectivity index (χ1) is 16.7. The molecule has 1 fully saturated rings. The minimum absolute atomic E-state index is 0.0130. The summed E-state index contributed by atoms with van der Waals surface area (Å²) in [7, 11) is 1.63. The number of ether oxygens (including phenoxy) is 1. The minimum atomic E-state index is -0.474. The van der Waals surface area contributed by atoms with E-state index in [9.17, 15) is 9.59 Å². The minimum Gasteiger partial charge on any atom is -0.497 e. The number of aryl methyl sites for hydroxylation is 1. The molecule has 1 heterocycles. The smallest absolute Gasteiger partial charge is 0.254 e. The molecule has 3 aromatic rings. The second kappa shape index (κ2) is 9.72. The summed E-state index contributed by atoms with van der Waals surface area (Å²) >= 11 is 0. The summed E-state index contributed by atoms with van der Waals surface area (Å²) in [4.78, 5) is 29.3. The van der Waals surface area contributed by atoms with Gasteiger partial charge in [-0.2, -0.15) is 0 Å². The molecule has 0 saturated heterocycles. The maximum Gasteiger partial charge on any atom is 0.254 e. The van der Waals surface area contributed by atoms with E-state index in [4.69, 9.17) is 4.74 Å². The Hall–Kier alpha value is -3.60. The summed E-state index contributed by atoms with van der Waals surface area (Å²) < 4.78 is 5.47. The molecule has 2 amide bonds. The van der Waals surface area contributed by atoms with Crippen LogP contribution in [-0.4, -0.2) is 36.4 Å². The van der Waals surface area contributed by atoms with Crippen LogP contribution in [0, 0.1) is 0 Å². The van der Waals surface area contributed by atoms with Gasteiger partial charge in [0.1, 0.15) is 5.75 Å². The zero-order valence-electron chi connectivity index (χ0n) is 19.4. The fourth-order valence-electron chi connectivity index (χ4n) is 5.03. The number of nitrogens with one attached hydrogen (secondary N) is 1. The summed E-state index contributed by atoms with van der Waals surface area (Å²) in [6, 6.07) is 25.5. The summed E-state index contributed by atoms with van der Waals surface area (Å²) in [5.41, 5.74) is 3.63. The van der Waals surface area contributed by atoms with Crippen molar-refractivity contribution in [2.45, 2.75) is 43.7 Å². The Labute approximate surface area is 200 Å². The number of amides is 2. The van der Waals surface area contributed by atoms with Crippen molar-refractivity contribution in [2.24, 2.45) is 0 Å². The third kappa shape index (κ3) is 4.43. The molecular weight excluding hydrogens is 424 g/mol. The predicted molar refractivity (Wildman–Crippen MR) is 132 cm³/mol. The summed E-state index contributed by atoms with van der Waals surface area (Å²) in [5.74, 6) is 0.227. The molecule has 5 heteroatoms. The van der Waals surface area contributed by atoms with Crippen LogP contribution in [0.4, 0.5) is 0 Å². The van der Waals surface area contributed by atoms with Crippen molar-refractivity contribution >= 4 is 11.8 Å². The molecule has 1 aliphatic carbocycles. The van der Waals surface area contributed by atoms with Crippen LogP contribution in [0.3, 0.4) is 0 Å². The standard InChI is InChI=1S/C29H30N2O3/c1-34-23-13-7-12-21(19-23)27-26(28(32)30-18-8-11-20-9-3-2-4-10-20)24-14-5-6-15-25(24)29(33)31(27)22-16-17-22/h2-7,9-10,12-15,19,22,26-27H,8,11,16-18H2,1H3,(H,30,32)/t26-,27-/m0/s1. The predicted octanol–water partition coefficient (Wildman–Crippen LogP) is 4.89. The molecule has 34 heavy (non-hydrogen) atoms. The van der Waals surface area contributed by atoms with Gasteiger partial charge in [-0.3, -0.25) is 9.59 Å². The van der Waals surface area contributed by atoms with Crippen molar-refractivity contribution in [1.29, 1.82) is 0 Å². The first-order valence-corrected chi connectivity index (χ1v) is 12.0. The van der Waals surface area contributed by atoms with E-state index in [0.717, 1.165) is 42.6 Å². The monoisotopic (exact) mass is 454 g/mol. The van der Waals surface area contributed by atoms with E-state index in [2.05, 4.69) is 17.4 Å². The fraction of sp³-hybridized carbons (Fsp3) is 0.310. The van der Waals surface area contributed by atoms with Crippen LogP contribution in [-0.2, 0) is 11.2 Å². The molecule has 5 nitrogen and oxygen atoms in total. The SMILES string of the molecule is COc1cccc([C@H]2[C@@H](C(=O)NCCCc3ccccc3)c3ccccc3C(=O)N2C2CC2)c1. The molecule has 1 aliphatic heterocycles. The Morgan fingerprint density at radius 1 is 1.00 bits per heavy atom. The van der Waals surface area contributed by atoms with Crippen LogP contribution in [0.25, 0.3) is 0 Å². The van der Waals surface area contributed by atoms with Crippen molar-refractivity contribution in [2.75, 3.05) is 13.7 Å². The largest absolute Gasteiger partial charge is 0.497 e. The number of carbonyl (C=O) groups is 2. The lowest BCUT2D eigenvalue weighted by atomic mass is 9.79. The van der Waals surface area contributed by atoms with Crippen molar-refractivity contribution in [1.82, 2.24) is 10.2 Å². The number of methoxy groups -OCH3 is 1. The number of benzene rings is 3. The first kappa shape index (κ1) is 22.2. The van der Waals surface area contributed by atoms with E-state index in [-0.39, 0.29) is 23.9 Å². The molecule has 2 atom stereocenters. The molecule has 3 aromatic carbocycles. The van der Waals surface area contributed by atoms with Crippen LogP contribution < -0.4 is 10.1 Å². The van der Waals surface area contributed by atoms with E-state index in [0.29, 0.717) is 12.1 Å². The van der Waals surface area contributed by atoms with E-state index < -0.39 is 5.92 Å². The maximum atomic E-state index is 13.7. The molecule has 1 N–H and O–H groups in total. The lowest BCUT2D eigenvalue weighted by Gasteiger charge is -2.42. The van der Waals surface area contributed by atoms with Crippen LogP contribution in [0.2, 0.25) is 0 Å². The quantitative estimate of drug-likeness (QED) is 0.493. The molecule has 2 aliphatic rings. The number of nitrogens with zero attached hydrogens (tertiary/aromatic N) is 1. The molecule has 1 saturated carbocycles. The zero-order chi connectivity index (χ0) is 23.5. The van der Waals surface area contributed by atoms with Crippen molar-refractivity contribution in [3.8, 4) is 5.75 Å². The normalized spacial score (nSPS) is 19.4. The van der Waals surface area contributed by atoms with Gasteiger partial charge in [0, 0.05) is 18.2 Å². The number of hydrogen-bond acceptors (Lipinski definition) is 3. The third-order valence-electron chi connectivity index (χ3n) is 6.82. The second-order valence-electron chi connectivity index (χ2n) is 9.11. The van der Waals surface area contributed by atoms with Gasteiger partial charge in [-0.25, -0.2) is 0 Å². The number of carbonyl (C=O) groups excluding carboxylic acids is 2. The van der Waals surface area contributed by atoms with Gasteiger partial charge in [0.05, 0.1) is 19.1 Å². The molecule has 5 rings (SSSR count). The molecule has 0 unspecified atom stereocenters. The summed E-state index contributed by atoms with van der Waals surface area (Å²) in [5, 5.41) is 3.18. The van der Waals surface area contributed by atoms with E-state index in [1.54, 1.807) is 7.11 Å². The fourth-order valence-corrected chi connectivity index (χ4v) is 5.03. The van der Waals surface area contributed by atoms with Crippen molar-refractivity contribution in [3.63, 3.8) is 0 Å². The van der Waals surface area contributed by atoms with Gasteiger partial charge in [0.15, 0.2) is 0 Å². The Morgan fingerprint density at radius 3 is 2.53 bits per heavy atom. The Kier molecular flexibility index (Phi) is 6.35. The lowest BCUT2D eigenvalue weighted by molar-refractivity contribution is -0.124. The second-order valence-corrected chi connectivity index (χ2v) is 9.11. The Bertz CT molecular complexity index is 1170. The zero-order valence-corrected chi connectivity index (χ0v) is 19.4. The van der Waals surface area contributed by atoms with Gasteiger partial charge >= 0.3 is 0 Å². The molecule has 0 radical (unpaired) electrons. The third-order valence-corrected chi connectivity index (χ3v) is 6.82. The van der Waals surface area contributed by atoms with E-state index >= 15 is 0 Å². The number of hydrogen-bond donors (Lipinski definition) is 1. The average molecular weight is 455 g/mol. The highest BCUT2D eigenvalue weighted by Crippen LogP contribution is 2.48. The van der Waals surface area contributed by atoms with Gasteiger partial charge in [-0.1, -0.05) is 60.7 Å². The summed E-state index contributed by atoms with van der Waals surface area (Å²) in [6.07, 6.45) is 3.72. The molecule has 0 bridgehead atoms. The van der Waals surface area contributed by atoms with Crippen LogP contribution in [0.5, 0.6) is 5.75 Å². The average Bonchev–Trinajstić information content (AvgIpc) is 3.72. The maximum absolute atomic E-state index is 13.7. The highest BCUT2D eigenvalue weighted by atomic mass is 16.5. The highest BCUT2D eigenvalue weighted by molar-refractivity contribution is 6.01. The van der Waals surface area contributed by atoms with Crippen LogP contribution in [0.1, 0.15) is 58.3 Å². The van der Waals surface area contributed by atoms with Gasteiger partial charge in [0.25, 0.3) is 5.91 Å².